The minimum absolute atomic E-state index is 0.220. The van der Waals surface area contributed by atoms with Crippen molar-refractivity contribution in [2.75, 3.05) is 19.7 Å². The van der Waals surface area contributed by atoms with E-state index in [4.69, 9.17) is 4.74 Å². The van der Waals surface area contributed by atoms with Crippen LogP contribution in [0.3, 0.4) is 0 Å². The number of hydrogen-bond acceptors (Lipinski definition) is 3. The van der Waals surface area contributed by atoms with E-state index in [1.54, 1.807) is 0 Å². The molecule has 88 valence electrons. The second-order valence-corrected chi connectivity index (χ2v) is 4.84. The molecule has 4 rings (SSSR count). The number of fused-ring (bicyclic) bond motifs is 3. The van der Waals surface area contributed by atoms with Gasteiger partial charge in [0, 0.05) is 24.4 Å². The molecule has 4 heteroatoms. The van der Waals surface area contributed by atoms with E-state index in [9.17, 15) is 0 Å². The summed E-state index contributed by atoms with van der Waals surface area (Å²) < 4.78 is 8.11. The van der Waals surface area contributed by atoms with Crippen LogP contribution in [0.2, 0.25) is 0 Å². The summed E-state index contributed by atoms with van der Waals surface area (Å²) in [6, 6.07) is 8.36. The maximum absolute atomic E-state index is 5.97. The molecule has 1 atom stereocenters. The first kappa shape index (κ1) is 9.62. The number of rotatable bonds is 1. The van der Waals surface area contributed by atoms with E-state index in [0.717, 1.165) is 31.8 Å². The van der Waals surface area contributed by atoms with Crippen LogP contribution < -0.4 is 5.32 Å². The highest BCUT2D eigenvalue weighted by molar-refractivity contribution is 5.82. The van der Waals surface area contributed by atoms with Gasteiger partial charge in [0.05, 0.1) is 24.4 Å². The van der Waals surface area contributed by atoms with E-state index >= 15 is 0 Å². The number of nitrogens with one attached hydrogen (secondary N) is 1. The molecular formula is C13H15N3O. The Morgan fingerprint density at radius 3 is 3.00 bits per heavy atom. The third-order valence-electron chi connectivity index (χ3n) is 3.80. The van der Waals surface area contributed by atoms with Gasteiger partial charge in [0.15, 0.2) is 0 Å². The summed E-state index contributed by atoms with van der Waals surface area (Å²) in [5.74, 6) is 0.606. The Hall–Kier alpha value is -1.39. The first-order valence-electron chi connectivity index (χ1n) is 6.21. The van der Waals surface area contributed by atoms with Gasteiger partial charge in [-0.3, -0.25) is 4.68 Å². The fraction of sp³-hybridized carbons (Fsp3) is 0.462. The molecule has 0 radical (unpaired) electrons. The molecule has 17 heavy (non-hydrogen) atoms. The molecule has 1 fully saturated rings. The first-order valence-corrected chi connectivity index (χ1v) is 6.21. The number of hydrogen-bond donors (Lipinski definition) is 1. The molecule has 1 N–H and O–H groups in total. The fourth-order valence-corrected chi connectivity index (χ4v) is 2.80. The van der Waals surface area contributed by atoms with Crippen LogP contribution >= 0.6 is 0 Å². The van der Waals surface area contributed by atoms with E-state index in [-0.39, 0.29) is 6.10 Å². The van der Waals surface area contributed by atoms with Gasteiger partial charge >= 0.3 is 0 Å². The highest BCUT2D eigenvalue weighted by Crippen LogP contribution is 2.35. The zero-order valence-electron chi connectivity index (χ0n) is 9.60. The largest absolute Gasteiger partial charge is 0.370 e. The Balaban J connectivity index is 1.89. The van der Waals surface area contributed by atoms with Gasteiger partial charge in [0.25, 0.3) is 0 Å². The number of ether oxygens (including phenoxy) is 1. The molecule has 0 spiro atoms. The third-order valence-corrected chi connectivity index (χ3v) is 3.80. The van der Waals surface area contributed by atoms with Gasteiger partial charge in [-0.25, -0.2) is 0 Å². The standard InChI is InChI=1S/C13H15N3O/c1-2-4-11-10(3-1)12-13(9-7-14-8-9)17-6-5-16(12)15-11/h1-4,9,13-14H,5-8H2/t13-/m0/s1. The maximum atomic E-state index is 5.97. The van der Waals surface area contributed by atoms with Crippen LogP contribution in [0.1, 0.15) is 11.8 Å². The van der Waals surface area contributed by atoms with Gasteiger partial charge in [-0.15, -0.1) is 0 Å². The Kier molecular flexibility index (Phi) is 2.01. The normalized spacial score (nSPS) is 24.6. The smallest absolute Gasteiger partial charge is 0.105 e. The molecule has 4 nitrogen and oxygen atoms in total. The molecule has 2 aliphatic rings. The Morgan fingerprint density at radius 2 is 2.18 bits per heavy atom. The molecule has 2 aliphatic heterocycles. The van der Waals surface area contributed by atoms with Crippen molar-refractivity contribution >= 4 is 10.9 Å². The molecule has 0 unspecified atom stereocenters. The van der Waals surface area contributed by atoms with Crippen LogP contribution in [0.5, 0.6) is 0 Å². The second-order valence-electron chi connectivity index (χ2n) is 4.84. The number of nitrogens with zero attached hydrogens (tertiary/aromatic N) is 2. The quantitative estimate of drug-likeness (QED) is 0.801. The predicted octanol–water partition coefficient (Wildman–Crippen LogP) is 1.33. The average molecular weight is 229 g/mol. The van der Waals surface area contributed by atoms with Crippen molar-refractivity contribution in [3.05, 3.63) is 30.0 Å². The zero-order chi connectivity index (χ0) is 11.2. The van der Waals surface area contributed by atoms with Crippen molar-refractivity contribution in [2.45, 2.75) is 12.6 Å². The van der Waals surface area contributed by atoms with Crippen molar-refractivity contribution in [3.8, 4) is 0 Å². The lowest BCUT2D eigenvalue weighted by Crippen LogP contribution is -2.47. The van der Waals surface area contributed by atoms with Crippen LogP contribution in [0.4, 0.5) is 0 Å². The van der Waals surface area contributed by atoms with E-state index in [0.29, 0.717) is 5.92 Å². The van der Waals surface area contributed by atoms with Gasteiger partial charge in [0.1, 0.15) is 6.10 Å². The summed E-state index contributed by atoms with van der Waals surface area (Å²) in [6.07, 6.45) is 0.220. The highest BCUT2D eigenvalue weighted by Gasteiger charge is 2.35. The van der Waals surface area contributed by atoms with Crippen molar-refractivity contribution in [3.63, 3.8) is 0 Å². The van der Waals surface area contributed by atoms with Gasteiger partial charge < -0.3 is 10.1 Å². The Labute approximate surface area is 99.6 Å². The minimum atomic E-state index is 0.220. The summed E-state index contributed by atoms with van der Waals surface area (Å²) in [4.78, 5) is 0. The number of aromatic nitrogens is 2. The van der Waals surface area contributed by atoms with Crippen molar-refractivity contribution in [2.24, 2.45) is 5.92 Å². The molecule has 2 aromatic rings. The van der Waals surface area contributed by atoms with Gasteiger partial charge in [-0.2, -0.15) is 5.10 Å². The molecular weight excluding hydrogens is 214 g/mol. The topological polar surface area (TPSA) is 39.1 Å². The molecule has 0 bridgehead atoms. The molecule has 0 aliphatic carbocycles. The van der Waals surface area contributed by atoms with E-state index < -0.39 is 0 Å². The van der Waals surface area contributed by atoms with Crippen molar-refractivity contribution < 1.29 is 4.74 Å². The second kappa shape index (κ2) is 3.55. The summed E-state index contributed by atoms with van der Waals surface area (Å²) >= 11 is 0. The van der Waals surface area contributed by atoms with E-state index in [2.05, 4.69) is 33.3 Å². The lowest BCUT2D eigenvalue weighted by atomic mass is 9.92. The lowest BCUT2D eigenvalue weighted by Gasteiger charge is -2.37. The zero-order valence-corrected chi connectivity index (χ0v) is 9.60. The molecule has 0 saturated carbocycles. The molecule has 0 amide bonds. The minimum Gasteiger partial charge on any atom is -0.370 e. The summed E-state index contributed by atoms with van der Waals surface area (Å²) in [5, 5.41) is 9.23. The van der Waals surface area contributed by atoms with E-state index in [1.807, 2.05) is 6.07 Å². The van der Waals surface area contributed by atoms with Gasteiger partial charge in [-0.05, 0) is 6.07 Å². The van der Waals surface area contributed by atoms with Crippen LogP contribution in [-0.4, -0.2) is 29.5 Å². The highest BCUT2D eigenvalue weighted by atomic mass is 16.5. The first-order chi connectivity index (χ1) is 8.43. The lowest BCUT2D eigenvalue weighted by molar-refractivity contribution is -0.0338. The molecule has 1 aromatic carbocycles. The number of benzene rings is 1. The van der Waals surface area contributed by atoms with Gasteiger partial charge in [-0.1, -0.05) is 18.2 Å². The Morgan fingerprint density at radius 1 is 1.29 bits per heavy atom. The SMILES string of the molecule is c1ccc2c3n(nc2c1)CCO[C@H]3C1CNC1. The van der Waals surface area contributed by atoms with Crippen LogP contribution in [-0.2, 0) is 11.3 Å². The summed E-state index contributed by atoms with van der Waals surface area (Å²) in [6.45, 7) is 3.77. The maximum Gasteiger partial charge on any atom is 0.105 e. The van der Waals surface area contributed by atoms with Crippen molar-refractivity contribution in [1.29, 1.82) is 0 Å². The predicted molar refractivity (Wildman–Crippen MR) is 64.8 cm³/mol. The van der Waals surface area contributed by atoms with Crippen LogP contribution in [0.25, 0.3) is 10.9 Å². The van der Waals surface area contributed by atoms with E-state index in [1.165, 1.54) is 11.1 Å². The average Bonchev–Trinajstić information content (AvgIpc) is 2.66. The molecule has 1 aromatic heterocycles. The summed E-state index contributed by atoms with van der Waals surface area (Å²) in [7, 11) is 0. The summed E-state index contributed by atoms with van der Waals surface area (Å²) in [5.41, 5.74) is 2.36. The molecule has 3 heterocycles. The molecule has 1 saturated heterocycles. The van der Waals surface area contributed by atoms with Crippen molar-refractivity contribution in [1.82, 2.24) is 15.1 Å². The van der Waals surface area contributed by atoms with Gasteiger partial charge in [0.2, 0.25) is 0 Å². The Bertz CT molecular complexity index is 559. The van der Waals surface area contributed by atoms with Crippen LogP contribution in [0, 0.1) is 5.92 Å². The monoisotopic (exact) mass is 229 g/mol. The fourth-order valence-electron chi connectivity index (χ4n) is 2.80. The third kappa shape index (κ3) is 1.34. The van der Waals surface area contributed by atoms with Crippen LogP contribution in [0.15, 0.2) is 24.3 Å².